The first-order chi connectivity index (χ1) is 10.6. The number of amides is 1. The fraction of sp³-hybridized carbons (Fsp3) is 0.389. The van der Waals surface area contributed by atoms with Crippen molar-refractivity contribution in [1.82, 2.24) is 9.88 Å². The second-order valence-electron chi connectivity index (χ2n) is 6.01. The maximum absolute atomic E-state index is 12.6. The lowest BCUT2D eigenvalue weighted by atomic mass is 10.1. The molecule has 1 aliphatic rings. The van der Waals surface area contributed by atoms with Crippen molar-refractivity contribution in [3.8, 4) is 0 Å². The Balaban J connectivity index is 1.81. The molecule has 1 amide bonds. The zero-order valence-corrected chi connectivity index (χ0v) is 13.0. The maximum Gasteiger partial charge on any atom is 0.253 e. The van der Waals surface area contributed by atoms with Crippen molar-refractivity contribution in [2.45, 2.75) is 38.8 Å². The molecule has 0 radical (unpaired) electrons. The largest absolute Gasteiger partial charge is 0.394 e. The number of hydrogen-bond donors (Lipinski definition) is 2. The molecular formula is C18H22N2O2. The first-order valence-electron chi connectivity index (χ1n) is 7.77. The zero-order valence-electron chi connectivity index (χ0n) is 13.0. The number of aryl methyl sites for hydroxylation is 1. The molecule has 2 N–H and O–H groups in total. The van der Waals surface area contributed by atoms with Crippen LogP contribution in [0.2, 0.25) is 0 Å². The standard InChI is InChI=1S/C18H22N2O2/c1-12-10-16(13(2)20(12)15-8-9-15)18(22)19-17(11-21)14-6-4-3-5-7-14/h3-7,10,15,17,21H,8-9,11H2,1-2H3,(H,19,22)/t17-/m1/s1. The quantitative estimate of drug-likeness (QED) is 0.892. The molecule has 1 aliphatic carbocycles. The second kappa shape index (κ2) is 5.97. The molecule has 1 fully saturated rings. The molecular weight excluding hydrogens is 276 g/mol. The van der Waals surface area contributed by atoms with Crippen LogP contribution in [-0.2, 0) is 0 Å². The number of nitrogens with zero attached hydrogens (tertiary/aromatic N) is 1. The summed E-state index contributed by atoms with van der Waals surface area (Å²) in [6, 6.07) is 11.7. The minimum atomic E-state index is -0.377. The van der Waals surface area contributed by atoms with Crippen LogP contribution in [0.15, 0.2) is 36.4 Å². The molecule has 4 heteroatoms. The third kappa shape index (κ3) is 2.79. The summed E-state index contributed by atoms with van der Waals surface area (Å²) in [5.74, 6) is -0.122. The number of rotatable bonds is 5. The average Bonchev–Trinajstić information content (AvgIpc) is 3.31. The number of hydrogen-bond acceptors (Lipinski definition) is 2. The van der Waals surface area contributed by atoms with E-state index in [1.807, 2.05) is 50.2 Å². The number of aromatic nitrogens is 1. The van der Waals surface area contributed by atoms with Gasteiger partial charge in [-0.1, -0.05) is 30.3 Å². The highest BCUT2D eigenvalue weighted by atomic mass is 16.3. The van der Waals surface area contributed by atoms with Crippen LogP contribution in [0.5, 0.6) is 0 Å². The van der Waals surface area contributed by atoms with Gasteiger partial charge in [-0.2, -0.15) is 0 Å². The first-order valence-corrected chi connectivity index (χ1v) is 7.77. The first kappa shape index (κ1) is 14.9. The molecule has 0 unspecified atom stereocenters. The Labute approximate surface area is 130 Å². The van der Waals surface area contributed by atoms with Gasteiger partial charge in [0.1, 0.15) is 0 Å². The van der Waals surface area contributed by atoms with Gasteiger partial charge in [0, 0.05) is 17.4 Å². The van der Waals surface area contributed by atoms with Crippen molar-refractivity contribution < 1.29 is 9.90 Å². The molecule has 1 aromatic carbocycles. The molecule has 1 atom stereocenters. The summed E-state index contributed by atoms with van der Waals surface area (Å²) in [6.07, 6.45) is 2.39. The molecule has 0 bridgehead atoms. The number of benzene rings is 1. The van der Waals surface area contributed by atoms with Gasteiger partial charge in [-0.05, 0) is 38.3 Å². The van der Waals surface area contributed by atoms with Gasteiger partial charge in [0.25, 0.3) is 5.91 Å². The van der Waals surface area contributed by atoms with E-state index in [0.29, 0.717) is 11.6 Å². The Morgan fingerprint density at radius 2 is 2.00 bits per heavy atom. The van der Waals surface area contributed by atoms with Crippen molar-refractivity contribution in [3.05, 3.63) is 58.9 Å². The van der Waals surface area contributed by atoms with Gasteiger partial charge >= 0.3 is 0 Å². The van der Waals surface area contributed by atoms with Crippen LogP contribution < -0.4 is 5.32 Å². The van der Waals surface area contributed by atoms with Gasteiger partial charge in [0.2, 0.25) is 0 Å². The lowest BCUT2D eigenvalue weighted by Gasteiger charge is -2.17. The SMILES string of the molecule is Cc1cc(C(=O)N[C@H](CO)c2ccccc2)c(C)n1C1CC1. The van der Waals surface area contributed by atoms with Crippen molar-refractivity contribution in [1.29, 1.82) is 0 Å². The molecule has 2 aromatic rings. The molecule has 0 aliphatic heterocycles. The molecule has 1 heterocycles. The van der Waals surface area contributed by atoms with Gasteiger partial charge in [0.05, 0.1) is 18.2 Å². The van der Waals surface area contributed by atoms with E-state index in [0.717, 1.165) is 17.0 Å². The van der Waals surface area contributed by atoms with Crippen molar-refractivity contribution in [2.75, 3.05) is 6.61 Å². The number of aliphatic hydroxyl groups excluding tert-OH is 1. The maximum atomic E-state index is 12.6. The molecule has 0 spiro atoms. The third-order valence-electron chi connectivity index (χ3n) is 4.33. The summed E-state index contributed by atoms with van der Waals surface area (Å²) in [6.45, 7) is 3.93. The summed E-state index contributed by atoms with van der Waals surface area (Å²) in [4.78, 5) is 12.6. The van der Waals surface area contributed by atoms with E-state index in [1.165, 1.54) is 12.8 Å². The lowest BCUT2D eigenvalue weighted by molar-refractivity contribution is 0.0915. The molecule has 22 heavy (non-hydrogen) atoms. The summed E-state index contributed by atoms with van der Waals surface area (Å²) in [7, 11) is 0. The van der Waals surface area contributed by atoms with Crippen molar-refractivity contribution in [2.24, 2.45) is 0 Å². The van der Waals surface area contributed by atoms with Gasteiger partial charge < -0.3 is 15.0 Å². The predicted octanol–water partition coefficient (Wildman–Crippen LogP) is 2.90. The number of carbonyl (C=O) groups excluding carboxylic acids is 1. The van der Waals surface area contributed by atoms with E-state index in [1.54, 1.807) is 0 Å². The fourth-order valence-electron chi connectivity index (χ4n) is 3.06. The Morgan fingerprint density at radius 3 is 2.59 bits per heavy atom. The third-order valence-corrected chi connectivity index (χ3v) is 4.33. The molecule has 4 nitrogen and oxygen atoms in total. The highest BCUT2D eigenvalue weighted by Gasteiger charge is 2.28. The normalized spacial score (nSPS) is 15.6. The Bertz CT molecular complexity index is 672. The minimum Gasteiger partial charge on any atom is -0.394 e. The van der Waals surface area contributed by atoms with E-state index in [4.69, 9.17) is 0 Å². The predicted molar refractivity (Wildman–Crippen MR) is 85.9 cm³/mol. The highest BCUT2D eigenvalue weighted by molar-refractivity contribution is 5.96. The van der Waals surface area contributed by atoms with Crippen LogP contribution in [0.25, 0.3) is 0 Å². The molecule has 3 rings (SSSR count). The number of aliphatic hydroxyl groups is 1. The number of carbonyl (C=O) groups is 1. The topological polar surface area (TPSA) is 54.3 Å². The van der Waals surface area contributed by atoms with Crippen LogP contribution in [0, 0.1) is 13.8 Å². The lowest BCUT2D eigenvalue weighted by Crippen LogP contribution is -2.31. The summed E-state index contributed by atoms with van der Waals surface area (Å²) in [5, 5.41) is 12.5. The highest BCUT2D eigenvalue weighted by Crippen LogP contribution is 2.38. The minimum absolute atomic E-state index is 0.114. The van der Waals surface area contributed by atoms with Crippen LogP contribution in [0.3, 0.4) is 0 Å². The molecule has 116 valence electrons. The van der Waals surface area contributed by atoms with E-state index in [9.17, 15) is 9.90 Å². The monoisotopic (exact) mass is 298 g/mol. The van der Waals surface area contributed by atoms with E-state index < -0.39 is 0 Å². The van der Waals surface area contributed by atoms with Crippen LogP contribution in [-0.4, -0.2) is 22.2 Å². The molecule has 0 saturated heterocycles. The van der Waals surface area contributed by atoms with Crippen LogP contribution >= 0.6 is 0 Å². The zero-order chi connectivity index (χ0) is 15.7. The smallest absolute Gasteiger partial charge is 0.253 e. The van der Waals surface area contributed by atoms with Crippen molar-refractivity contribution in [3.63, 3.8) is 0 Å². The summed E-state index contributed by atoms with van der Waals surface area (Å²) >= 11 is 0. The second-order valence-corrected chi connectivity index (χ2v) is 6.01. The average molecular weight is 298 g/mol. The summed E-state index contributed by atoms with van der Waals surface area (Å²) < 4.78 is 2.26. The molecule has 1 aromatic heterocycles. The Kier molecular flexibility index (Phi) is 4.03. The summed E-state index contributed by atoms with van der Waals surface area (Å²) in [5.41, 5.74) is 3.76. The van der Waals surface area contributed by atoms with E-state index in [2.05, 4.69) is 9.88 Å². The molecule has 1 saturated carbocycles. The van der Waals surface area contributed by atoms with Gasteiger partial charge in [-0.3, -0.25) is 4.79 Å². The van der Waals surface area contributed by atoms with Gasteiger partial charge in [0.15, 0.2) is 0 Å². The number of nitrogens with one attached hydrogen (secondary N) is 1. The van der Waals surface area contributed by atoms with Crippen LogP contribution in [0.4, 0.5) is 0 Å². The van der Waals surface area contributed by atoms with E-state index in [-0.39, 0.29) is 18.6 Å². The van der Waals surface area contributed by atoms with Crippen molar-refractivity contribution >= 4 is 5.91 Å². The van der Waals surface area contributed by atoms with Gasteiger partial charge in [-0.15, -0.1) is 0 Å². The van der Waals surface area contributed by atoms with E-state index >= 15 is 0 Å². The van der Waals surface area contributed by atoms with Crippen LogP contribution in [0.1, 0.15) is 52.2 Å². The van der Waals surface area contributed by atoms with Gasteiger partial charge in [-0.25, -0.2) is 0 Å². The Morgan fingerprint density at radius 1 is 1.32 bits per heavy atom. The Hall–Kier alpha value is -2.07. The fourth-order valence-corrected chi connectivity index (χ4v) is 3.06.